The van der Waals surface area contributed by atoms with Crippen LogP contribution in [-0.4, -0.2) is 40.6 Å². The van der Waals surface area contributed by atoms with Crippen molar-refractivity contribution in [2.75, 3.05) is 19.6 Å². The van der Waals surface area contributed by atoms with Crippen LogP contribution in [0, 0.1) is 0 Å². The van der Waals surface area contributed by atoms with Crippen LogP contribution in [0.15, 0.2) is 30.3 Å². The van der Waals surface area contributed by atoms with Crippen molar-refractivity contribution in [3.8, 4) is 0 Å². The largest absolute Gasteiger partial charge is 0.329 e. The molecule has 0 aliphatic carbocycles. The van der Waals surface area contributed by atoms with E-state index < -0.39 is 0 Å². The Balaban J connectivity index is 2.00. The van der Waals surface area contributed by atoms with E-state index in [2.05, 4.69) is 67.8 Å². The zero-order valence-corrected chi connectivity index (χ0v) is 13.8. The molecule has 2 rings (SSSR count). The van der Waals surface area contributed by atoms with Crippen LogP contribution < -0.4 is 5.73 Å². The molecule has 1 aromatic carbocycles. The summed E-state index contributed by atoms with van der Waals surface area (Å²) >= 11 is 2.10. The van der Waals surface area contributed by atoms with Crippen molar-refractivity contribution >= 4 is 11.8 Å². The third-order valence-electron chi connectivity index (χ3n) is 4.42. The minimum Gasteiger partial charge on any atom is -0.329 e. The maximum atomic E-state index is 6.14. The lowest BCUT2D eigenvalue weighted by molar-refractivity contribution is 0.0996. The Morgan fingerprint density at radius 3 is 2.35 bits per heavy atom. The summed E-state index contributed by atoms with van der Waals surface area (Å²) in [5.41, 5.74) is 7.69. The molecular formula is C17H28N2S. The van der Waals surface area contributed by atoms with Crippen LogP contribution in [0.1, 0.15) is 32.8 Å². The second-order valence-corrected chi connectivity index (χ2v) is 8.23. The molecule has 0 bridgehead atoms. The van der Waals surface area contributed by atoms with E-state index in [0.29, 0.717) is 10.5 Å². The second kappa shape index (κ2) is 6.97. The van der Waals surface area contributed by atoms with Gasteiger partial charge in [-0.3, -0.25) is 4.90 Å². The van der Waals surface area contributed by atoms with Crippen LogP contribution in [0.25, 0.3) is 0 Å². The number of rotatable bonds is 5. The Morgan fingerprint density at radius 2 is 1.80 bits per heavy atom. The summed E-state index contributed by atoms with van der Waals surface area (Å²) in [5.74, 6) is 0. The second-order valence-electron chi connectivity index (χ2n) is 6.35. The Kier molecular flexibility index (Phi) is 5.53. The van der Waals surface area contributed by atoms with Gasteiger partial charge < -0.3 is 5.73 Å². The molecule has 3 unspecified atom stereocenters. The lowest BCUT2D eigenvalue weighted by atomic mass is 9.90. The predicted molar refractivity (Wildman–Crippen MR) is 90.3 cm³/mol. The van der Waals surface area contributed by atoms with Gasteiger partial charge in [0, 0.05) is 35.7 Å². The maximum Gasteiger partial charge on any atom is 0.0307 e. The van der Waals surface area contributed by atoms with Gasteiger partial charge in [0.15, 0.2) is 0 Å². The molecule has 1 aromatic rings. The normalized spacial score (nSPS) is 27.2. The SMILES string of the molecule is CC1CN(C(C)(CN)CCc2ccccc2)CC(C)S1. The highest BCUT2D eigenvalue weighted by atomic mass is 32.2. The zero-order chi connectivity index (χ0) is 14.6. The predicted octanol–water partition coefficient (Wildman–Crippen LogP) is 3.16. The van der Waals surface area contributed by atoms with Gasteiger partial charge in [-0.1, -0.05) is 44.2 Å². The fraction of sp³-hybridized carbons (Fsp3) is 0.647. The molecule has 1 fully saturated rings. The molecular weight excluding hydrogens is 264 g/mol. The summed E-state index contributed by atoms with van der Waals surface area (Å²) in [4.78, 5) is 2.63. The minimum absolute atomic E-state index is 0.124. The molecule has 20 heavy (non-hydrogen) atoms. The average molecular weight is 292 g/mol. The standard InChI is InChI=1S/C17H28N2S/c1-14-11-19(12-15(2)20-14)17(3,13-18)10-9-16-7-5-4-6-8-16/h4-8,14-15H,9-13,18H2,1-3H3. The third kappa shape index (κ3) is 4.00. The highest BCUT2D eigenvalue weighted by Gasteiger charge is 2.35. The van der Waals surface area contributed by atoms with Gasteiger partial charge in [0.1, 0.15) is 0 Å². The lowest BCUT2D eigenvalue weighted by Crippen LogP contribution is -2.57. The van der Waals surface area contributed by atoms with Gasteiger partial charge in [0.05, 0.1) is 0 Å². The average Bonchev–Trinajstić information content (AvgIpc) is 2.45. The number of hydrogen-bond acceptors (Lipinski definition) is 3. The number of hydrogen-bond donors (Lipinski definition) is 1. The van der Waals surface area contributed by atoms with Gasteiger partial charge in [-0.15, -0.1) is 0 Å². The van der Waals surface area contributed by atoms with Crippen molar-refractivity contribution in [1.29, 1.82) is 0 Å². The maximum absolute atomic E-state index is 6.14. The van der Waals surface area contributed by atoms with Gasteiger partial charge in [-0.2, -0.15) is 11.8 Å². The first-order valence-electron chi connectivity index (χ1n) is 7.68. The molecule has 1 heterocycles. The van der Waals surface area contributed by atoms with E-state index in [4.69, 9.17) is 5.73 Å². The van der Waals surface area contributed by atoms with Crippen LogP contribution in [0.3, 0.4) is 0 Å². The Morgan fingerprint density at radius 1 is 1.20 bits per heavy atom. The van der Waals surface area contributed by atoms with E-state index in [1.165, 1.54) is 5.56 Å². The Labute approximate surface area is 128 Å². The van der Waals surface area contributed by atoms with Crippen molar-refractivity contribution in [3.05, 3.63) is 35.9 Å². The lowest BCUT2D eigenvalue weighted by Gasteiger charge is -2.46. The summed E-state index contributed by atoms with van der Waals surface area (Å²) in [5, 5.41) is 1.42. The summed E-state index contributed by atoms with van der Waals surface area (Å²) in [7, 11) is 0. The molecule has 1 aliphatic rings. The summed E-state index contributed by atoms with van der Waals surface area (Å²) < 4.78 is 0. The molecule has 2 nitrogen and oxygen atoms in total. The number of thioether (sulfide) groups is 1. The molecule has 0 radical (unpaired) electrons. The molecule has 3 atom stereocenters. The van der Waals surface area contributed by atoms with Crippen LogP contribution in [0.5, 0.6) is 0 Å². The Bertz CT molecular complexity index is 399. The fourth-order valence-corrected chi connectivity index (χ4v) is 4.39. The van der Waals surface area contributed by atoms with Gasteiger partial charge >= 0.3 is 0 Å². The van der Waals surface area contributed by atoms with Gasteiger partial charge in [-0.05, 0) is 25.3 Å². The van der Waals surface area contributed by atoms with Crippen molar-refractivity contribution in [2.45, 2.75) is 49.7 Å². The third-order valence-corrected chi connectivity index (χ3v) is 5.65. The number of benzene rings is 1. The fourth-order valence-electron chi connectivity index (χ4n) is 3.07. The van der Waals surface area contributed by atoms with Crippen LogP contribution in [0.4, 0.5) is 0 Å². The molecule has 1 saturated heterocycles. The van der Waals surface area contributed by atoms with Crippen molar-refractivity contribution < 1.29 is 0 Å². The summed E-state index contributed by atoms with van der Waals surface area (Å²) in [6, 6.07) is 10.8. The van der Waals surface area contributed by atoms with Crippen molar-refractivity contribution in [1.82, 2.24) is 4.90 Å². The van der Waals surface area contributed by atoms with Gasteiger partial charge in [0.2, 0.25) is 0 Å². The van der Waals surface area contributed by atoms with E-state index >= 15 is 0 Å². The number of nitrogens with two attached hydrogens (primary N) is 1. The Hall–Kier alpha value is -0.510. The monoisotopic (exact) mass is 292 g/mol. The molecule has 0 amide bonds. The first kappa shape index (κ1) is 15.9. The summed E-state index contributed by atoms with van der Waals surface area (Å²) in [6.45, 7) is 10.1. The molecule has 112 valence electrons. The van der Waals surface area contributed by atoms with E-state index in [-0.39, 0.29) is 5.54 Å². The van der Waals surface area contributed by atoms with Gasteiger partial charge in [-0.25, -0.2) is 0 Å². The molecule has 0 aromatic heterocycles. The van der Waals surface area contributed by atoms with E-state index in [1.54, 1.807) is 0 Å². The molecule has 1 aliphatic heterocycles. The first-order valence-corrected chi connectivity index (χ1v) is 8.62. The number of nitrogens with zero attached hydrogens (tertiary/aromatic N) is 1. The number of aryl methyl sites for hydroxylation is 1. The topological polar surface area (TPSA) is 29.3 Å². The quantitative estimate of drug-likeness (QED) is 0.904. The van der Waals surface area contributed by atoms with Crippen molar-refractivity contribution in [2.24, 2.45) is 5.73 Å². The first-order chi connectivity index (χ1) is 9.53. The molecule has 0 spiro atoms. The summed E-state index contributed by atoms with van der Waals surface area (Å²) in [6.07, 6.45) is 2.25. The smallest absolute Gasteiger partial charge is 0.0307 e. The van der Waals surface area contributed by atoms with Gasteiger partial charge in [0.25, 0.3) is 0 Å². The molecule has 2 N–H and O–H groups in total. The zero-order valence-electron chi connectivity index (χ0n) is 13.0. The van der Waals surface area contributed by atoms with E-state index in [0.717, 1.165) is 32.5 Å². The van der Waals surface area contributed by atoms with E-state index in [1.807, 2.05) is 0 Å². The molecule has 3 heteroatoms. The van der Waals surface area contributed by atoms with Crippen LogP contribution in [0.2, 0.25) is 0 Å². The van der Waals surface area contributed by atoms with Crippen molar-refractivity contribution in [3.63, 3.8) is 0 Å². The van der Waals surface area contributed by atoms with E-state index in [9.17, 15) is 0 Å². The highest BCUT2D eigenvalue weighted by Crippen LogP contribution is 2.31. The minimum atomic E-state index is 0.124. The molecule has 0 saturated carbocycles. The van der Waals surface area contributed by atoms with Crippen LogP contribution >= 0.6 is 11.8 Å². The highest BCUT2D eigenvalue weighted by molar-refractivity contribution is 8.00. The van der Waals surface area contributed by atoms with Crippen LogP contribution in [-0.2, 0) is 6.42 Å².